The molecule has 96 valence electrons. The summed E-state index contributed by atoms with van der Waals surface area (Å²) in [4.78, 5) is 0. The van der Waals surface area contributed by atoms with E-state index in [-0.39, 0.29) is 0 Å². The average molecular weight is 233 g/mol. The topological polar surface area (TPSA) is 12.0 Å². The number of nitrogens with one attached hydrogen (secondary N) is 1. The second-order valence-electron chi connectivity index (χ2n) is 5.34. The van der Waals surface area contributed by atoms with Crippen LogP contribution in [0.1, 0.15) is 58.6 Å². The van der Waals surface area contributed by atoms with Gasteiger partial charge in [-0.2, -0.15) is 0 Å². The lowest BCUT2D eigenvalue weighted by Gasteiger charge is -2.27. The molecule has 1 heteroatoms. The number of hydrogen-bond acceptors (Lipinski definition) is 1. The molecule has 2 unspecified atom stereocenters. The highest BCUT2D eigenvalue weighted by Gasteiger charge is 2.17. The van der Waals surface area contributed by atoms with E-state index in [9.17, 15) is 0 Å². The lowest BCUT2D eigenvalue weighted by atomic mass is 9.95. The lowest BCUT2D eigenvalue weighted by Crippen LogP contribution is -2.33. The quantitative estimate of drug-likeness (QED) is 0.728. The van der Waals surface area contributed by atoms with Crippen LogP contribution < -0.4 is 5.32 Å². The van der Waals surface area contributed by atoms with E-state index in [1.807, 2.05) is 0 Å². The van der Waals surface area contributed by atoms with Crippen molar-refractivity contribution in [2.45, 2.75) is 59.0 Å². The van der Waals surface area contributed by atoms with E-state index in [1.165, 1.54) is 24.8 Å². The molecule has 0 radical (unpaired) electrons. The molecule has 0 aromatic heterocycles. The van der Waals surface area contributed by atoms with Crippen molar-refractivity contribution >= 4 is 0 Å². The molecule has 0 heterocycles. The maximum atomic E-state index is 3.77. The summed E-state index contributed by atoms with van der Waals surface area (Å²) in [5.41, 5.74) is 1.41. The van der Waals surface area contributed by atoms with E-state index < -0.39 is 0 Å². The Hall–Kier alpha value is -0.820. The fourth-order valence-corrected chi connectivity index (χ4v) is 2.23. The van der Waals surface area contributed by atoms with Crippen molar-refractivity contribution in [3.63, 3.8) is 0 Å². The van der Waals surface area contributed by atoms with Gasteiger partial charge in [0.25, 0.3) is 0 Å². The molecule has 0 aliphatic heterocycles. The van der Waals surface area contributed by atoms with E-state index in [0.717, 1.165) is 0 Å². The minimum atomic E-state index is 0.475. The summed E-state index contributed by atoms with van der Waals surface area (Å²) in [5, 5.41) is 3.77. The van der Waals surface area contributed by atoms with Crippen molar-refractivity contribution in [1.82, 2.24) is 5.32 Å². The molecule has 1 aromatic carbocycles. The predicted octanol–water partition coefficient (Wildman–Crippen LogP) is 4.55. The minimum absolute atomic E-state index is 0.475. The molecule has 1 aromatic rings. The highest BCUT2D eigenvalue weighted by molar-refractivity contribution is 5.19. The Morgan fingerprint density at radius 2 is 1.71 bits per heavy atom. The molecule has 1 rings (SSSR count). The number of rotatable bonds is 7. The molecule has 17 heavy (non-hydrogen) atoms. The van der Waals surface area contributed by atoms with E-state index in [0.29, 0.717) is 18.0 Å². The Labute approximate surface area is 107 Å². The zero-order chi connectivity index (χ0) is 12.7. The van der Waals surface area contributed by atoms with Gasteiger partial charge in [0.05, 0.1) is 0 Å². The minimum Gasteiger partial charge on any atom is -0.307 e. The van der Waals surface area contributed by atoms with Crippen LogP contribution in [-0.4, -0.2) is 6.04 Å². The van der Waals surface area contributed by atoms with Crippen LogP contribution in [0.5, 0.6) is 0 Å². The summed E-state index contributed by atoms with van der Waals surface area (Å²) in [6.07, 6.45) is 3.87. The zero-order valence-corrected chi connectivity index (χ0v) is 11.7. The second kappa shape index (κ2) is 7.50. The third kappa shape index (κ3) is 4.91. The van der Waals surface area contributed by atoms with Crippen LogP contribution in [0.25, 0.3) is 0 Å². The molecule has 2 atom stereocenters. The largest absolute Gasteiger partial charge is 0.307 e. The van der Waals surface area contributed by atoms with Gasteiger partial charge < -0.3 is 5.32 Å². The summed E-state index contributed by atoms with van der Waals surface area (Å²) in [7, 11) is 0. The van der Waals surface area contributed by atoms with Gasteiger partial charge in [-0.15, -0.1) is 0 Å². The van der Waals surface area contributed by atoms with E-state index >= 15 is 0 Å². The fourth-order valence-electron chi connectivity index (χ4n) is 2.23. The molecular formula is C16H27N. The molecule has 0 aliphatic carbocycles. The van der Waals surface area contributed by atoms with Crippen LogP contribution >= 0.6 is 0 Å². The first-order valence-corrected chi connectivity index (χ1v) is 6.96. The monoisotopic (exact) mass is 233 g/mol. The number of benzene rings is 1. The molecular weight excluding hydrogens is 206 g/mol. The summed E-state index contributed by atoms with van der Waals surface area (Å²) < 4.78 is 0. The molecule has 0 saturated heterocycles. The van der Waals surface area contributed by atoms with Gasteiger partial charge in [-0.25, -0.2) is 0 Å². The van der Waals surface area contributed by atoms with Gasteiger partial charge in [0.2, 0.25) is 0 Å². The van der Waals surface area contributed by atoms with Crippen LogP contribution in [0.15, 0.2) is 30.3 Å². The first-order chi connectivity index (χ1) is 8.15. The Kier molecular flexibility index (Phi) is 6.28. The molecule has 0 aliphatic rings. The van der Waals surface area contributed by atoms with Gasteiger partial charge in [-0.3, -0.25) is 0 Å². The van der Waals surface area contributed by atoms with Crippen molar-refractivity contribution in [2.24, 2.45) is 5.92 Å². The van der Waals surface area contributed by atoms with Gasteiger partial charge in [0.1, 0.15) is 0 Å². The third-order valence-corrected chi connectivity index (χ3v) is 3.28. The maximum absolute atomic E-state index is 3.77. The van der Waals surface area contributed by atoms with Gasteiger partial charge >= 0.3 is 0 Å². The van der Waals surface area contributed by atoms with E-state index in [1.54, 1.807) is 0 Å². The summed E-state index contributed by atoms with van der Waals surface area (Å²) >= 11 is 0. The van der Waals surface area contributed by atoms with Crippen LogP contribution in [0.3, 0.4) is 0 Å². The molecule has 1 N–H and O–H groups in total. The van der Waals surface area contributed by atoms with Crippen LogP contribution in [-0.2, 0) is 0 Å². The van der Waals surface area contributed by atoms with Crippen LogP contribution in [0, 0.1) is 5.92 Å². The zero-order valence-electron chi connectivity index (χ0n) is 11.7. The number of unbranched alkanes of at least 4 members (excludes halogenated alkanes) is 1. The standard InChI is InChI=1S/C16H27N/c1-5-6-10-14(4)17-16(13(2)3)15-11-8-7-9-12-15/h7-9,11-14,16-17H,5-6,10H2,1-4H3. The first kappa shape index (κ1) is 14.2. The highest BCUT2D eigenvalue weighted by Crippen LogP contribution is 2.22. The Bertz CT molecular complexity index is 292. The maximum Gasteiger partial charge on any atom is 0.0345 e. The lowest BCUT2D eigenvalue weighted by molar-refractivity contribution is 0.355. The normalized spacial score (nSPS) is 14.9. The summed E-state index contributed by atoms with van der Waals surface area (Å²) in [6.45, 7) is 9.13. The van der Waals surface area contributed by atoms with Crippen molar-refractivity contribution in [3.05, 3.63) is 35.9 Å². The third-order valence-electron chi connectivity index (χ3n) is 3.28. The summed E-state index contributed by atoms with van der Waals surface area (Å²) in [6, 6.07) is 11.9. The van der Waals surface area contributed by atoms with Crippen molar-refractivity contribution < 1.29 is 0 Å². The van der Waals surface area contributed by atoms with E-state index in [4.69, 9.17) is 0 Å². The van der Waals surface area contributed by atoms with Crippen molar-refractivity contribution in [1.29, 1.82) is 0 Å². The van der Waals surface area contributed by atoms with Gasteiger partial charge in [0, 0.05) is 12.1 Å². The Balaban J connectivity index is 2.61. The highest BCUT2D eigenvalue weighted by atomic mass is 14.9. The van der Waals surface area contributed by atoms with Gasteiger partial charge in [0.15, 0.2) is 0 Å². The number of hydrogen-bond donors (Lipinski definition) is 1. The summed E-state index contributed by atoms with van der Waals surface area (Å²) in [5.74, 6) is 0.626. The second-order valence-corrected chi connectivity index (χ2v) is 5.34. The molecule has 0 bridgehead atoms. The van der Waals surface area contributed by atoms with Gasteiger partial charge in [-0.05, 0) is 24.8 Å². The van der Waals surface area contributed by atoms with E-state index in [2.05, 4.69) is 63.3 Å². The molecule has 0 saturated carbocycles. The predicted molar refractivity (Wildman–Crippen MR) is 76.1 cm³/mol. The SMILES string of the molecule is CCCCC(C)NC(c1ccccc1)C(C)C. The average Bonchev–Trinajstić information content (AvgIpc) is 2.34. The molecule has 1 nitrogen and oxygen atoms in total. The van der Waals surface area contributed by atoms with Crippen molar-refractivity contribution in [3.8, 4) is 0 Å². The molecule has 0 amide bonds. The molecule has 0 fully saturated rings. The first-order valence-electron chi connectivity index (χ1n) is 6.96. The van der Waals surface area contributed by atoms with Crippen LogP contribution in [0.4, 0.5) is 0 Å². The smallest absolute Gasteiger partial charge is 0.0345 e. The van der Waals surface area contributed by atoms with Crippen molar-refractivity contribution in [2.75, 3.05) is 0 Å². The molecule has 0 spiro atoms. The Morgan fingerprint density at radius 3 is 2.24 bits per heavy atom. The Morgan fingerprint density at radius 1 is 1.06 bits per heavy atom. The van der Waals surface area contributed by atoms with Gasteiger partial charge in [-0.1, -0.05) is 63.9 Å². The fraction of sp³-hybridized carbons (Fsp3) is 0.625. The van der Waals surface area contributed by atoms with Crippen LogP contribution in [0.2, 0.25) is 0 Å².